The molecule has 25 heavy (non-hydrogen) atoms. The highest BCUT2D eigenvalue weighted by Crippen LogP contribution is 2.17. The summed E-state index contributed by atoms with van der Waals surface area (Å²) < 4.78 is 5.41. The Bertz CT molecular complexity index is 667. The van der Waals surface area contributed by atoms with Crippen molar-refractivity contribution in [1.29, 1.82) is 0 Å². The Morgan fingerprint density at radius 1 is 1.04 bits per heavy atom. The summed E-state index contributed by atoms with van der Waals surface area (Å²) in [4.78, 5) is 15.8. The number of morpholine rings is 1. The molecule has 1 heterocycles. The van der Waals surface area contributed by atoms with Gasteiger partial charge in [0.1, 0.15) is 0 Å². The highest BCUT2D eigenvalue weighted by atomic mass is 16.5. The van der Waals surface area contributed by atoms with Crippen molar-refractivity contribution in [1.82, 2.24) is 4.90 Å². The third kappa shape index (κ3) is 5.05. The number of anilines is 1. The zero-order chi connectivity index (χ0) is 17.5. The van der Waals surface area contributed by atoms with Crippen molar-refractivity contribution < 1.29 is 14.6 Å². The normalized spacial score (nSPS) is 15.0. The molecule has 0 amide bonds. The monoisotopic (exact) mass is 340 g/mol. The molecule has 5 nitrogen and oxygen atoms in total. The summed E-state index contributed by atoms with van der Waals surface area (Å²) in [7, 11) is 0. The molecular formula is C20H24N2O3. The number of carboxylic acid groups (broad SMARTS) is 1. The Balaban J connectivity index is 1.68. The van der Waals surface area contributed by atoms with Gasteiger partial charge in [0.2, 0.25) is 0 Å². The van der Waals surface area contributed by atoms with Crippen LogP contribution < -0.4 is 4.90 Å². The first kappa shape index (κ1) is 17.5. The number of hydrogen-bond donors (Lipinski definition) is 1. The molecule has 2 aromatic carbocycles. The van der Waals surface area contributed by atoms with Gasteiger partial charge in [-0.15, -0.1) is 0 Å². The van der Waals surface area contributed by atoms with Crippen molar-refractivity contribution in [3.63, 3.8) is 0 Å². The summed E-state index contributed by atoms with van der Waals surface area (Å²) in [6.45, 7) is 6.25. The second-order valence-electron chi connectivity index (χ2n) is 6.21. The molecule has 1 N–H and O–H groups in total. The average molecular weight is 340 g/mol. The summed E-state index contributed by atoms with van der Waals surface area (Å²) in [5.74, 6) is -0.890. The predicted octanol–water partition coefficient (Wildman–Crippen LogP) is 2.72. The van der Waals surface area contributed by atoms with Gasteiger partial charge in [-0.1, -0.05) is 30.3 Å². The van der Waals surface area contributed by atoms with Crippen LogP contribution in [0.4, 0.5) is 5.69 Å². The van der Waals surface area contributed by atoms with E-state index in [9.17, 15) is 4.79 Å². The fourth-order valence-electron chi connectivity index (χ4n) is 3.00. The number of rotatable bonds is 7. The number of benzene rings is 2. The first-order chi connectivity index (χ1) is 12.2. The maximum atomic E-state index is 11.0. The molecule has 0 aromatic heterocycles. The molecule has 132 valence electrons. The van der Waals surface area contributed by atoms with E-state index < -0.39 is 5.97 Å². The zero-order valence-corrected chi connectivity index (χ0v) is 14.3. The van der Waals surface area contributed by atoms with Crippen LogP contribution in [0.15, 0.2) is 54.6 Å². The Labute approximate surface area is 148 Å². The fourth-order valence-corrected chi connectivity index (χ4v) is 3.00. The Kier molecular flexibility index (Phi) is 6.04. The Morgan fingerprint density at radius 2 is 1.72 bits per heavy atom. The summed E-state index contributed by atoms with van der Waals surface area (Å²) in [6.07, 6.45) is 0. The third-order valence-electron chi connectivity index (χ3n) is 4.49. The zero-order valence-electron chi connectivity index (χ0n) is 14.3. The molecule has 1 aliphatic heterocycles. The van der Waals surface area contributed by atoms with E-state index in [2.05, 4.69) is 21.9 Å². The van der Waals surface area contributed by atoms with Gasteiger partial charge in [-0.05, 0) is 29.8 Å². The molecule has 0 saturated carbocycles. The van der Waals surface area contributed by atoms with Crippen LogP contribution in [0.2, 0.25) is 0 Å². The van der Waals surface area contributed by atoms with Crippen LogP contribution in [-0.4, -0.2) is 55.4 Å². The van der Waals surface area contributed by atoms with Gasteiger partial charge in [-0.25, -0.2) is 4.79 Å². The molecule has 0 atom stereocenters. The van der Waals surface area contributed by atoms with E-state index in [-0.39, 0.29) is 0 Å². The van der Waals surface area contributed by atoms with E-state index in [1.54, 1.807) is 12.1 Å². The minimum absolute atomic E-state index is 0.323. The van der Waals surface area contributed by atoms with Gasteiger partial charge in [0, 0.05) is 38.4 Å². The maximum absolute atomic E-state index is 11.0. The molecule has 0 unspecified atom stereocenters. The standard InChI is InChI=1S/C20H24N2O3/c23-20(24)18-8-6-17(7-9-18)16-22(19-4-2-1-3-5-19)11-10-21-12-14-25-15-13-21/h1-9H,10-16H2,(H,23,24). The van der Waals surface area contributed by atoms with Crippen molar-refractivity contribution in [2.45, 2.75) is 6.54 Å². The van der Waals surface area contributed by atoms with E-state index in [0.29, 0.717) is 5.56 Å². The third-order valence-corrected chi connectivity index (χ3v) is 4.49. The number of hydrogen-bond acceptors (Lipinski definition) is 4. The van der Waals surface area contributed by atoms with Gasteiger partial charge >= 0.3 is 5.97 Å². The number of nitrogens with zero attached hydrogens (tertiary/aromatic N) is 2. The predicted molar refractivity (Wildman–Crippen MR) is 98.2 cm³/mol. The molecule has 1 fully saturated rings. The number of aromatic carboxylic acids is 1. The van der Waals surface area contributed by atoms with Crippen molar-refractivity contribution in [3.8, 4) is 0 Å². The number of carboxylic acids is 1. The minimum Gasteiger partial charge on any atom is -0.478 e. The second kappa shape index (κ2) is 8.65. The van der Waals surface area contributed by atoms with Gasteiger partial charge in [0.25, 0.3) is 0 Å². The van der Waals surface area contributed by atoms with E-state index in [1.165, 1.54) is 5.69 Å². The smallest absolute Gasteiger partial charge is 0.335 e. The Hall–Kier alpha value is -2.37. The molecule has 2 aromatic rings. The van der Waals surface area contributed by atoms with Crippen LogP contribution >= 0.6 is 0 Å². The van der Waals surface area contributed by atoms with Gasteiger partial charge in [0.15, 0.2) is 0 Å². The first-order valence-corrected chi connectivity index (χ1v) is 8.65. The highest BCUT2D eigenvalue weighted by molar-refractivity contribution is 5.87. The maximum Gasteiger partial charge on any atom is 0.335 e. The topological polar surface area (TPSA) is 53.0 Å². The van der Waals surface area contributed by atoms with Crippen LogP contribution in [0.3, 0.4) is 0 Å². The fraction of sp³-hybridized carbons (Fsp3) is 0.350. The van der Waals surface area contributed by atoms with Gasteiger partial charge in [-0.2, -0.15) is 0 Å². The molecule has 3 rings (SSSR count). The van der Waals surface area contributed by atoms with Gasteiger partial charge < -0.3 is 14.7 Å². The van der Waals surface area contributed by atoms with Crippen molar-refractivity contribution in [2.75, 3.05) is 44.3 Å². The highest BCUT2D eigenvalue weighted by Gasteiger charge is 2.13. The quantitative estimate of drug-likeness (QED) is 0.840. The lowest BCUT2D eigenvalue weighted by molar-refractivity contribution is 0.0391. The molecule has 0 spiro atoms. The average Bonchev–Trinajstić information content (AvgIpc) is 2.67. The van der Waals surface area contributed by atoms with E-state index >= 15 is 0 Å². The SMILES string of the molecule is O=C(O)c1ccc(CN(CCN2CCOCC2)c2ccccc2)cc1. The molecule has 0 aliphatic carbocycles. The molecule has 1 saturated heterocycles. The Morgan fingerprint density at radius 3 is 2.36 bits per heavy atom. The second-order valence-corrected chi connectivity index (χ2v) is 6.21. The molecule has 1 aliphatic rings. The number of ether oxygens (including phenoxy) is 1. The molecule has 0 radical (unpaired) electrons. The van der Waals surface area contributed by atoms with Crippen molar-refractivity contribution in [3.05, 3.63) is 65.7 Å². The lowest BCUT2D eigenvalue weighted by Crippen LogP contribution is -2.41. The lowest BCUT2D eigenvalue weighted by atomic mass is 10.1. The van der Waals surface area contributed by atoms with Crippen LogP contribution in [0.5, 0.6) is 0 Å². The number of para-hydroxylation sites is 1. The van der Waals surface area contributed by atoms with Crippen molar-refractivity contribution in [2.24, 2.45) is 0 Å². The summed E-state index contributed by atoms with van der Waals surface area (Å²) in [6, 6.07) is 17.5. The molecular weight excluding hydrogens is 316 g/mol. The molecule has 5 heteroatoms. The van der Waals surface area contributed by atoms with E-state index in [0.717, 1.165) is 51.5 Å². The van der Waals surface area contributed by atoms with Crippen LogP contribution in [0.1, 0.15) is 15.9 Å². The van der Waals surface area contributed by atoms with Gasteiger partial charge in [-0.3, -0.25) is 4.90 Å². The van der Waals surface area contributed by atoms with Crippen LogP contribution in [0, 0.1) is 0 Å². The van der Waals surface area contributed by atoms with Crippen molar-refractivity contribution >= 4 is 11.7 Å². The minimum atomic E-state index is -0.890. The van der Waals surface area contributed by atoms with Crippen LogP contribution in [-0.2, 0) is 11.3 Å². The summed E-state index contributed by atoms with van der Waals surface area (Å²) >= 11 is 0. The summed E-state index contributed by atoms with van der Waals surface area (Å²) in [5, 5.41) is 9.04. The van der Waals surface area contributed by atoms with Gasteiger partial charge in [0.05, 0.1) is 18.8 Å². The first-order valence-electron chi connectivity index (χ1n) is 8.65. The largest absolute Gasteiger partial charge is 0.478 e. The lowest BCUT2D eigenvalue weighted by Gasteiger charge is -2.31. The number of carbonyl (C=O) groups is 1. The van der Waals surface area contributed by atoms with E-state index in [1.807, 2.05) is 30.3 Å². The molecule has 0 bridgehead atoms. The van der Waals surface area contributed by atoms with Crippen LogP contribution in [0.25, 0.3) is 0 Å². The summed E-state index contributed by atoms with van der Waals surface area (Å²) in [5.41, 5.74) is 2.61. The van der Waals surface area contributed by atoms with E-state index in [4.69, 9.17) is 9.84 Å².